The minimum Gasteiger partial charge on any atom is -0.453 e. The van der Waals surface area contributed by atoms with Crippen LogP contribution in [-0.2, 0) is 6.54 Å². The fourth-order valence-corrected chi connectivity index (χ4v) is 2.92. The second kappa shape index (κ2) is 5.73. The maximum atomic E-state index is 11.9. The number of carbonyl (C=O) groups is 1. The lowest BCUT2D eigenvalue weighted by molar-refractivity contribution is 0.0954. The topological polar surface area (TPSA) is 68.3 Å². The Bertz CT molecular complexity index is 920. The Hall–Kier alpha value is -2.86. The molecule has 0 saturated carbocycles. The second-order valence-corrected chi connectivity index (χ2v) is 5.94. The van der Waals surface area contributed by atoms with E-state index in [1.165, 1.54) is 11.3 Å². The summed E-state index contributed by atoms with van der Waals surface area (Å²) < 4.78 is 11.0. The van der Waals surface area contributed by atoms with Crippen LogP contribution in [0.1, 0.15) is 15.4 Å². The van der Waals surface area contributed by atoms with Crippen molar-refractivity contribution in [2.75, 3.05) is 0 Å². The Morgan fingerprint density at radius 3 is 2.87 bits per heavy atom. The third kappa shape index (κ3) is 2.76. The van der Waals surface area contributed by atoms with Gasteiger partial charge in [0.15, 0.2) is 5.76 Å². The molecule has 6 heteroatoms. The van der Waals surface area contributed by atoms with Crippen LogP contribution in [0.25, 0.3) is 22.5 Å². The minimum absolute atomic E-state index is 0.117. The van der Waals surface area contributed by atoms with Crippen molar-refractivity contribution >= 4 is 28.2 Å². The normalized spacial score (nSPS) is 11.0. The first-order valence-corrected chi connectivity index (χ1v) is 7.94. The van der Waals surface area contributed by atoms with Gasteiger partial charge < -0.3 is 14.3 Å². The summed E-state index contributed by atoms with van der Waals surface area (Å²) in [6, 6.07) is 15.0. The molecule has 4 rings (SSSR count). The van der Waals surface area contributed by atoms with Gasteiger partial charge in [-0.05, 0) is 23.6 Å². The number of hydrogen-bond donors (Lipinski definition) is 1. The third-order valence-electron chi connectivity index (χ3n) is 3.40. The number of carbonyl (C=O) groups excluding carboxylic acids is 1. The van der Waals surface area contributed by atoms with Gasteiger partial charge in [0.2, 0.25) is 5.76 Å². The number of rotatable bonds is 4. The molecule has 114 valence electrons. The van der Waals surface area contributed by atoms with E-state index in [0.717, 1.165) is 11.0 Å². The number of benzene rings is 1. The van der Waals surface area contributed by atoms with Gasteiger partial charge in [0, 0.05) is 11.5 Å². The maximum absolute atomic E-state index is 11.9. The predicted octanol–water partition coefficient (Wildman–Crippen LogP) is 4.08. The van der Waals surface area contributed by atoms with E-state index in [4.69, 9.17) is 8.94 Å². The summed E-state index contributed by atoms with van der Waals surface area (Å²) in [7, 11) is 0. The zero-order valence-electron chi connectivity index (χ0n) is 12.0. The molecule has 23 heavy (non-hydrogen) atoms. The Balaban J connectivity index is 1.49. The van der Waals surface area contributed by atoms with Gasteiger partial charge in [-0.3, -0.25) is 4.79 Å². The number of nitrogens with one attached hydrogen (secondary N) is 1. The van der Waals surface area contributed by atoms with Crippen LogP contribution in [0.4, 0.5) is 0 Å². The first-order chi connectivity index (χ1) is 11.3. The molecule has 1 amide bonds. The van der Waals surface area contributed by atoms with Crippen LogP contribution in [0.15, 0.2) is 62.9 Å². The van der Waals surface area contributed by atoms with Gasteiger partial charge in [-0.15, -0.1) is 11.3 Å². The van der Waals surface area contributed by atoms with Crippen LogP contribution >= 0.6 is 11.3 Å². The molecule has 5 nitrogen and oxygen atoms in total. The van der Waals surface area contributed by atoms with Gasteiger partial charge in [-0.1, -0.05) is 29.4 Å². The molecule has 0 bridgehead atoms. The molecule has 0 unspecified atom stereocenters. The highest BCUT2D eigenvalue weighted by Crippen LogP contribution is 2.28. The Morgan fingerprint density at radius 2 is 2.04 bits per heavy atom. The van der Waals surface area contributed by atoms with E-state index in [-0.39, 0.29) is 5.91 Å². The average molecular weight is 324 g/mol. The summed E-state index contributed by atoms with van der Waals surface area (Å²) in [5, 5.41) is 9.65. The van der Waals surface area contributed by atoms with Crippen LogP contribution in [0, 0.1) is 0 Å². The van der Waals surface area contributed by atoms with E-state index in [1.807, 2.05) is 41.8 Å². The number of furan rings is 1. The summed E-state index contributed by atoms with van der Waals surface area (Å²) >= 11 is 1.40. The van der Waals surface area contributed by atoms with Crippen LogP contribution in [0.5, 0.6) is 0 Å². The summed E-state index contributed by atoms with van der Waals surface area (Å²) in [5.74, 6) is 1.05. The molecule has 0 aliphatic carbocycles. The largest absolute Gasteiger partial charge is 0.453 e. The number of fused-ring (bicyclic) bond motifs is 1. The van der Waals surface area contributed by atoms with E-state index >= 15 is 0 Å². The highest BCUT2D eigenvalue weighted by atomic mass is 32.1. The Morgan fingerprint density at radius 1 is 1.13 bits per heavy atom. The van der Waals surface area contributed by atoms with Crippen molar-refractivity contribution in [3.8, 4) is 11.5 Å². The van der Waals surface area contributed by atoms with E-state index < -0.39 is 0 Å². The van der Waals surface area contributed by atoms with E-state index in [1.54, 1.807) is 12.1 Å². The van der Waals surface area contributed by atoms with Crippen molar-refractivity contribution in [3.63, 3.8) is 0 Å². The summed E-state index contributed by atoms with van der Waals surface area (Å²) in [6.45, 7) is 0.306. The molecule has 4 aromatic rings. The lowest BCUT2D eigenvalue weighted by atomic mass is 10.2. The van der Waals surface area contributed by atoms with E-state index in [0.29, 0.717) is 28.6 Å². The van der Waals surface area contributed by atoms with E-state index in [2.05, 4.69) is 10.5 Å². The zero-order chi connectivity index (χ0) is 15.6. The molecule has 3 heterocycles. The Kier molecular flexibility index (Phi) is 3.44. The summed E-state index contributed by atoms with van der Waals surface area (Å²) in [5.41, 5.74) is 1.44. The van der Waals surface area contributed by atoms with Crippen LogP contribution in [0.3, 0.4) is 0 Å². The summed E-state index contributed by atoms with van der Waals surface area (Å²) in [4.78, 5) is 12.6. The fourth-order valence-electron chi connectivity index (χ4n) is 2.28. The molecule has 0 spiro atoms. The lowest BCUT2D eigenvalue weighted by Crippen LogP contribution is -2.21. The van der Waals surface area contributed by atoms with Crippen molar-refractivity contribution in [3.05, 3.63) is 64.5 Å². The number of nitrogens with zero attached hydrogens (tertiary/aromatic N) is 1. The van der Waals surface area contributed by atoms with Gasteiger partial charge in [0.05, 0.1) is 11.4 Å². The van der Waals surface area contributed by atoms with E-state index in [9.17, 15) is 4.79 Å². The number of para-hydroxylation sites is 1. The molecular weight excluding hydrogens is 312 g/mol. The highest BCUT2D eigenvalue weighted by molar-refractivity contribution is 7.12. The molecule has 0 atom stereocenters. The number of hydrogen-bond acceptors (Lipinski definition) is 5. The molecule has 1 aromatic carbocycles. The average Bonchev–Trinajstić information content (AvgIpc) is 3.31. The quantitative estimate of drug-likeness (QED) is 0.614. The molecule has 0 aliphatic heterocycles. The SMILES string of the molecule is O=C(NCc1cc(-c2cc3ccccc3o2)on1)c1cccs1. The van der Waals surface area contributed by atoms with Gasteiger partial charge in [0.1, 0.15) is 11.3 Å². The fraction of sp³-hybridized carbons (Fsp3) is 0.0588. The predicted molar refractivity (Wildman–Crippen MR) is 87.2 cm³/mol. The standard InChI is InChI=1S/C17H12N2O3S/c20-17(16-6-3-7-23-16)18-10-12-9-15(22-19-12)14-8-11-4-1-2-5-13(11)21-14/h1-9H,10H2,(H,18,20). The molecule has 3 aromatic heterocycles. The number of aromatic nitrogens is 1. The Labute approximate surface area is 135 Å². The van der Waals surface area contributed by atoms with Gasteiger partial charge >= 0.3 is 0 Å². The molecule has 0 saturated heterocycles. The van der Waals surface area contributed by atoms with Crippen molar-refractivity contribution in [2.45, 2.75) is 6.54 Å². The zero-order valence-corrected chi connectivity index (χ0v) is 12.8. The number of thiophene rings is 1. The minimum atomic E-state index is -0.117. The first kappa shape index (κ1) is 13.8. The lowest BCUT2D eigenvalue weighted by Gasteiger charge is -1.98. The van der Waals surface area contributed by atoms with Crippen LogP contribution in [0.2, 0.25) is 0 Å². The first-order valence-electron chi connectivity index (χ1n) is 7.06. The smallest absolute Gasteiger partial charge is 0.261 e. The summed E-state index contributed by atoms with van der Waals surface area (Å²) in [6.07, 6.45) is 0. The number of amides is 1. The van der Waals surface area contributed by atoms with Crippen LogP contribution < -0.4 is 5.32 Å². The molecule has 0 aliphatic rings. The maximum Gasteiger partial charge on any atom is 0.261 e. The van der Waals surface area contributed by atoms with Gasteiger partial charge in [-0.2, -0.15) is 0 Å². The molecular formula is C17H12N2O3S. The van der Waals surface area contributed by atoms with Crippen molar-refractivity contribution < 1.29 is 13.7 Å². The van der Waals surface area contributed by atoms with Crippen molar-refractivity contribution in [1.29, 1.82) is 0 Å². The second-order valence-electron chi connectivity index (χ2n) is 4.99. The van der Waals surface area contributed by atoms with Gasteiger partial charge in [-0.25, -0.2) is 0 Å². The highest BCUT2D eigenvalue weighted by Gasteiger charge is 2.13. The van der Waals surface area contributed by atoms with Crippen molar-refractivity contribution in [2.24, 2.45) is 0 Å². The monoisotopic (exact) mass is 324 g/mol. The van der Waals surface area contributed by atoms with Gasteiger partial charge in [0.25, 0.3) is 5.91 Å². The van der Waals surface area contributed by atoms with Crippen LogP contribution in [-0.4, -0.2) is 11.1 Å². The molecule has 0 fully saturated rings. The third-order valence-corrected chi connectivity index (χ3v) is 4.27. The molecule has 0 radical (unpaired) electrons. The van der Waals surface area contributed by atoms with Crippen molar-refractivity contribution in [1.82, 2.24) is 10.5 Å². The molecule has 1 N–H and O–H groups in total.